The Hall–Kier alpha value is -2.83. The number of phenolic OH excluding ortho intramolecular Hbond substituents is 1. The largest absolute Gasteiger partial charge is 0.507 e. The number of halogens is 4. The lowest BCUT2D eigenvalue weighted by Crippen LogP contribution is -2.78. The Morgan fingerprint density at radius 1 is 1.15 bits per heavy atom. The number of aromatic hydroxyl groups is 1. The summed E-state index contributed by atoms with van der Waals surface area (Å²) in [5.41, 5.74) is -1.35. The first kappa shape index (κ1) is 28.7. The monoisotopic (exact) mass is 598 g/mol. The number of carbonyl (C=O) groups excluding carboxylic acids is 1. The second-order valence-electron chi connectivity index (χ2n) is 11.5. The van der Waals surface area contributed by atoms with Crippen LogP contribution in [0.4, 0.5) is 13.2 Å². The van der Waals surface area contributed by atoms with Crippen LogP contribution in [0.1, 0.15) is 45.1 Å². The van der Waals surface area contributed by atoms with Crippen molar-refractivity contribution in [2.45, 2.75) is 74.3 Å². The third-order valence-corrected chi connectivity index (χ3v) is 10.3. The van der Waals surface area contributed by atoms with Crippen LogP contribution in [0, 0.1) is 5.41 Å². The van der Waals surface area contributed by atoms with Gasteiger partial charge in [0.25, 0.3) is 0 Å². The number of phenols is 1. The van der Waals surface area contributed by atoms with Gasteiger partial charge >= 0.3 is 6.18 Å². The van der Waals surface area contributed by atoms with E-state index in [0.29, 0.717) is 30.1 Å². The molecule has 216 valence electrons. The number of hydrogen-bond donors (Lipinski definition) is 3. The fourth-order valence-electron chi connectivity index (χ4n) is 6.09. The van der Waals surface area contributed by atoms with Gasteiger partial charge in [-0.3, -0.25) is 9.79 Å². The summed E-state index contributed by atoms with van der Waals surface area (Å²) in [7, 11) is -4.11. The number of amides is 1. The maximum absolute atomic E-state index is 13.9. The first-order valence-corrected chi connectivity index (χ1v) is 14.7. The van der Waals surface area contributed by atoms with E-state index in [2.05, 4.69) is 10.6 Å². The third kappa shape index (κ3) is 5.05. The molecule has 4 aliphatic rings. The van der Waals surface area contributed by atoms with Gasteiger partial charge in [-0.25, -0.2) is 8.42 Å². The van der Waals surface area contributed by atoms with Gasteiger partial charge in [-0.2, -0.15) is 17.5 Å². The molecule has 2 aromatic carbocycles. The zero-order chi connectivity index (χ0) is 29.1. The lowest BCUT2D eigenvalue weighted by molar-refractivity contribution is -0.151. The number of alkyl halides is 3. The highest BCUT2D eigenvalue weighted by molar-refractivity contribution is 7.89. The van der Waals surface area contributed by atoms with Gasteiger partial charge in [-0.1, -0.05) is 35.9 Å². The highest BCUT2D eigenvalue weighted by Crippen LogP contribution is 2.71. The fourth-order valence-corrected chi connectivity index (χ4v) is 8.06. The highest BCUT2D eigenvalue weighted by atomic mass is 35.5. The van der Waals surface area contributed by atoms with Crippen LogP contribution in [-0.4, -0.2) is 59.4 Å². The van der Waals surface area contributed by atoms with Crippen molar-refractivity contribution in [3.63, 3.8) is 0 Å². The van der Waals surface area contributed by atoms with Gasteiger partial charge in [0, 0.05) is 29.1 Å². The second-order valence-corrected chi connectivity index (χ2v) is 13.8. The number of hydrogen-bond acceptors (Lipinski definition) is 6. The molecular weight excluding hydrogens is 569 g/mol. The smallest absolute Gasteiger partial charge is 0.390 e. The minimum atomic E-state index is -4.37. The Balaban J connectivity index is 1.35. The number of rotatable bonds is 9. The van der Waals surface area contributed by atoms with Gasteiger partial charge in [0.05, 0.1) is 12.0 Å². The predicted molar refractivity (Wildman–Crippen MR) is 143 cm³/mol. The molecule has 3 aliphatic carbocycles. The molecular formula is C27H30ClF3N4O4S. The Morgan fingerprint density at radius 2 is 1.77 bits per heavy atom. The molecule has 6 rings (SSSR count). The van der Waals surface area contributed by atoms with Crippen LogP contribution in [-0.2, 0) is 21.4 Å². The molecule has 3 fully saturated rings. The highest BCUT2D eigenvalue weighted by Gasteiger charge is 2.75. The van der Waals surface area contributed by atoms with Crippen LogP contribution in [0.15, 0.2) is 58.4 Å². The van der Waals surface area contributed by atoms with Gasteiger partial charge in [0.2, 0.25) is 15.9 Å². The van der Waals surface area contributed by atoms with Crippen molar-refractivity contribution in [1.82, 2.24) is 14.9 Å². The second kappa shape index (κ2) is 9.63. The molecule has 3 N–H and O–H groups in total. The summed E-state index contributed by atoms with van der Waals surface area (Å²) in [6.07, 6.45) is -4.15. The minimum absolute atomic E-state index is 0.0690. The SMILES string of the molecule is CC1(C)N=C(C23CC(N(Cc4ccc(Cl)cc4)S(=O)(=O)c4ccccc4O)(C2)C3)N[C@H]1C(=O)NCCC(F)(F)F. The zero-order valence-corrected chi connectivity index (χ0v) is 23.5. The molecule has 3 saturated carbocycles. The minimum Gasteiger partial charge on any atom is -0.507 e. The van der Waals surface area contributed by atoms with Crippen LogP contribution in [0.25, 0.3) is 0 Å². The molecule has 1 aliphatic heterocycles. The summed E-state index contributed by atoms with van der Waals surface area (Å²) in [5, 5.41) is 16.4. The van der Waals surface area contributed by atoms with E-state index in [1.807, 2.05) is 0 Å². The average Bonchev–Trinajstić information content (AvgIpc) is 3.12. The summed E-state index contributed by atoms with van der Waals surface area (Å²) in [4.78, 5) is 17.3. The van der Waals surface area contributed by atoms with Crippen molar-refractivity contribution in [3.8, 4) is 5.75 Å². The van der Waals surface area contributed by atoms with Gasteiger partial charge in [0.15, 0.2) is 0 Å². The predicted octanol–water partition coefficient (Wildman–Crippen LogP) is 4.38. The molecule has 0 radical (unpaired) electrons. The number of nitrogens with one attached hydrogen (secondary N) is 2. The number of nitrogens with zero attached hydrogens (tertiary/aromatic N) is 2. The van der Waals surface area contributed by atoms with Gasteiger partial charge < -0.3 is 15.7 Å². The molecule has 0 aromatic heterocycles. The Kier molecular flexibility index (Phi) is 6.91. The van der Waals surface area contributed by atoms with Gasteiger partial charge in [-0.15, -0.1) is 0 Å². The van der Waals surface area contributed by atoms with E-state index in [0.717, 1.165) is 5.56 Å². The van der Waals surface area contributed by atoms with Crippen LogP contribution in [0.5, 0.6) is 5.75 Å². The molecule has 13 heteroatoms. The molecule has 2 aromatic rings. The average molecular weight is 599 g/mol. The van der Waals surface area contributed by atoms with Gasteiger partial charge in [-0.05, 0) is 62.9 Å². The van der Waals surface area contributed by atoms with Crippen molar-refractivity contribution < 1.29 is 31.5 Å². The van der Waals surface area contributed by atoms with Crippen LogP contribution in [0.2, 0.25) is 5.02 Å². The molecule has 40 heavy (non-hydrogen) atoms. The number of para-hydroxylation sites is 1. The van der Waals surface area contributed by atoms with E-state index in [1.165, 1.54) is 16.4 Å². The Bertz CT molecular complexity index is 1440. The molecule has 1 atom stereocenters. The van der Waals surface area contributed by atoms with E-state index in [9.17, 15) is 31.5 Å². The number of sulfonamides is 1. The van der Waals surface area contributed by atoms with Gasteiger partial charge in [0.1, 0.15) is 22.5 Å². The topological polar surface area (TPSA) is 111 Å². The van der Waals surface area contributed by atoms with E-state index >= 15 is 0 Å². The van der Waals surface area contributed by atoms with Crippen LogP contribution >= 0.6 is 11.6 Å². The molecule has 1 heterocycles. The zero-order valence-electron chi connectivity index (χ0n) is 21.9. The van der Waals surface area contributed by atoms with E-state index in [1.54, 1.807) is 50.2 Å². The number of carbonyl (C=O) groups is 1. The Morgan fingerprint density at radius 3 is 2.38 bits per heavy atom. The number of amidine groups is 1. The molecule has 0 saturated heterocycles. The quantitative estimate of drug-likeness (QED) is 0.397. The van der Waals surface area contributed by atoms with E-state index in [4.69, 9.17) is 16.6 Å². The normalized spacial score (nSPS) is 26.9. The lowest BCUT2D eigenvalue weighted by Gasteiger charge is -2.72. The summed E-state index contributed by atoms with van der Waals surface area (Å²) >= 11 is 6.02. The third-order valence-electron chi connectivity index (χ3n) is 8.06. The maximum Gasteiger partial charge on any atom is 0.390 e. The van der Waals surface area contributed by atoms with E-state index in [-0.39, 0.29) is 17.2 Å². The molecule has 2 bridgehead atoms. The van der Waals surface area contributed by atoms with Crippen molar-refractivity contribution in [1.29, 1.82) is 0 Å². The standard InChI is InChI=1S/C27H30ClF3N4O4S/c1-24(2)21(22(37)32-12-11-27(29,30)31)33-23(34-24)25-14-26(15-25,16-25)35(13-17-7-9-18(28)10-8-17)40(38,39)20-6-4-3-5-19(20)36/h3-10,21,36H,11-16H2,1-2H3,(H,32,37)(H,33,34)/t21-,25?,26?/m0/s1. The fraction of sp³-hybridized carbons (Fsp3) is 0.481. The maximum atomic E-state index is 13.9. The van der Waals surface area contributed by atoms with Crippen molar-refractivity contribution in [3.05, 3.63) is 59.1 Å². The van der Waals surface area contributed by atoms with Crippen molar-refractivity contribution >= 4 is 33.4 Å². The van der Waals surface area contributed by atoms with E-state index < -0.39 is 57.6 Å². The summed E-state index contributed by atoms with van der Waals surface area (Å²) in [6.45, 7) is 3.01. The lowest BCUT2D eigenvalue weighted by atomic mass is 9.38. The molecule has 8 nitrogen and oxygen atoms in total. The molecule has 1 amide bonds. The van der Waals surface area contributed by atoms with Crippen molar-refractivity contribution in [2.24, 2.45) is 10.4 Å². The molecule has 0 spiro atoms. The first-order chi connectivity index (χ1) is 18.6. The van der Waals surface area contributed by atoms with Crippen LogP contribution < -0.4 is 10.6 Å². The summed E-state index contributed by atoms with van der Waals surface area (Å²) < 4.78 is 66.8. The Labute approximate surface area is 235 Å². The summed E-state index contributed by atoms with van der Waals surface area (Å²) in [6, 6.07) is 11.8. The number of aliphatic imine (C=N–C) groups is 1. The first-order valence-electron chi connectivity index (χ1n) is 12.8. The number of benzene rings is 2. The summed E-state index contributed by atoms with van der Waals surface area (Å²) in [5.74, 6) is -0.338. The molecule has 0 unspecified atom stereocenters. The van der Waals surface area contributed by atoms with Crippen LogP contribution in [0.3, 0.4) is 0 Å². The van der Waals surface area contributed by atoms with Crippen molar-refractivity contribution in [2.75, 3.05) is 6.54 Å².